The van der Waals surface area contributed by atoms with Crippen LogP contribution in [0.1, 0.15) is 23.4 Å². The van der Waals surface area contributed by atoms with Crippen LogP contribution in [-0.2, 0) is 20.8 Å². The first kappa shape index (κ1) is 17.5. The molecule has 2 saturated heterocycles. The Kier molecular flexibility index (Phi) is 5.58. The standard InChI is InChI=1S/C18H29N3O3/c1-13-8-16(14(2)19-13)9-21(18(22)15-4-6-23-12-15)11-17-10-20(3)5-7-24-17/h8,15,17,19H,4-7,9-12H2,1-3H3/t15-,17+/m1/s1. The van der Waals surface area contributed by atoms with Crippen molar-refractivity contribution in [3.05, 3.63) is 23.0 Å². The van der Waals surface area contributed by atoms with E-state index in [-0.39, 0.29) is 17.9 Å². The van der Waals surface area contributed by atoms with Gasteiger partial charge in [-0.1, -0.05) is 0 Å². The summed E-state index contributed by atoms with van der Waals surface area (Å²) in [6, 6.07) is 2.13. The molecule has 2 atom stereocenters. The van der Waals surface area contributed by atoms with Crippen LogP contribution in [0.25, 0.3) is 0 Å². The molecular formula is C18H29N3O3. The van der Waals surface area contributed by atoms with Crippen LogP contribution in [-0.4, -0.2) is 73.3 Å². The molecule has 0 bridgehead atoms. The summed E-state index contributed by atoms with van der Waals surface area (Å²) in [6.07, 6.45) is 0.904. The Balaban J connectivity index is 1.72. The largest absolute Gasteiger partial charge is 0.381 e. The molecule has 2 fully saturated rings. The fraction of sp³-hybridized carbons (Fsp3) is 0.722. The number of aromatic amines is 1. The number of hydrogen-bond acceptors (Lipinski definition) is 4. The minimum atomic E-state index is -0.00772. The van der Waals surface area contributed by atoms with Crippen molar-refractivity contribution in [1.82, 2.24) is 14.8 Å². The van der Waals surface area contributed by atoms with Gasteiger partial charge in [0.1, 0.15) is 0 Å². The van der Waals surface area contributed by atoms with Gasteiger partial charge in [0.15, 0.2) is 0 Å². The molecule has 0 radical (unpaired) electrons. The number of H-pyrrole nitrogens is 1. The second-order valence-electron chi connectivity index (χ2n) is 7.14. The first-order valence-electron chi connectivity index (χ1n) is 8.84. The molecule has 0 spiro atoms. The Hall–Kier alpha value is -1.37. The minimum Gasteiger partial charge on any atom is -0.381 e. The summed E-state index contributed by atoms with van der Waals surface area (Å²) in [4.78, 5) is 20.6. The maximum absolute atomic E-state index is 13.0. The zero-order valence-corrected chi connectivity index (χ0v) is 15.0. The van der Waals surface area contributed by atoms with Gasteiger partial charge in [-0.15, -0.1) is 0 Å². The van der Waals surface area contributed by atoms with Gasteiger partial charge < -0.3 is 24.3 Å². The number of aryl methyl sites for hydroxylation is 2. The highest BCUT2D eigenvalue weighted by atomic mass is 16.5. The van der Waals surface area contributed by atoms with Crippen molar-refractivity contribution in [3.8, 4) is 0 Å². The van der Waals surface area contributed by atoms with Crippen LogP contribution < -0.4 is 0 Å². The van der Waals surface area contributed by atoms with Crippen molar-refractivity contribution in [2.45, 2.75) is 32.9 Å². The van der Waals surface area contributed by atoms with E-state index in [0.717, 1.165) is 37.5 Å². The lowest BCUT2D eigenvalue weighted by Crippen LogP contribution is -2.48. The predicted molar refractivity (Wildman–Crippen MR) is 91.8 cm³/mol. The van der Waals surface area contributed by atoms with Crippen molar-refractivity contribution in [2.75, 3.05) is 46.5 Å². The molecule has 0 saturated carbocycles. The Morgan fingerprint density at radius 3 is 2.88 bits per heavy atom. The summed E-state index contributed by atoms with van der Waals surface area (Å²) in [5.41, 5.74) is 3.45. The van der Waals surface area contributed by atoms with Crippen molar-refractivity contribution in [2.24, 2.45) is 5.92 Å². The Bertz CT molecular complexity index is 566. The van der Waals surface area contributed by atoms with Crippen molar-refractivity contribution < 1.29 is 14.3 Å². The highest BCUT2D eigenvalue weighted by molar-refractivity contribution is 5.79. The third kappa shape index (κ3) is 4.18. The van der Waals surface area contributed by atoms with Gasteiger partial charge in [0.2, 0.25) is 5.91 Å². The van der Waals surface area contributed by atoms with Gasteiger partial charge in [0.05, 0.1) is 25.2 Å². The molecule has 1 amide bonds. The van der Waals surface area contributed by atoms with Gasteiger partial charge in [0.25, 0.3) is 0 Å². The monoisotopic (exact) mass is 335 g/mol. The van der Waals surface area contributed by atoms with E-state index in [2.05, 4.69) is 29.9 Å². The zero-order valence-electron chi connectivity index (χ0n) is 15.0. The van der Waals surface area contributed by atoms with Crippen LogP contribution in [0.5, 0.6) is 0 Å². The summed E-state index contributed by atoms with van der Waals surface area (Å²) in [5, 5.41) is 0. The molecule has 24 heavy (non-hydrogen) atoms. The Labute approximate surface area is 144 Å². The molecular weight excluding hydrogens is 306 g/mol. The molecule has 3 heterocycles. The normalized spacial score (nSPS) is 25.1. The number of carbonyl (C=O) groups is 1. The van der Waals surface area contributed by atoms with Crippen LogP contribution in [0.2, 0.25) is 0 Å². The molecule has 134 valence electrons. The number of morpholine rings is 1. The Morgan fingerprint density at radius 2 is 2.25 bits per heavy atom. The SMILES string of the molecule is Cc1cc(CN(C[C@@H]2CN(C)CCO2)C(=O)[C@@H]2CCOC2)c(C)[nH]1. The van der Waals surface area contributed by atoms with E-state index in [0.29, 0.717) is 26.3 Å². The number of likely N-dealkylation sites (N-methyl/N-ethyl adjacent to an activating group) is 1. The molecule has 2 aliphatic rings. The van der Waals surface area contributed by atoms with E-state index in [1.807, 2.05) is 11.8 Å². The quantitative estimate of drug-likeness (QED) is 0.882. The van der Waals surface area contributed by atoms with Crippen molar-refractivity contribution in [1.29, 1.82) is 0 Å². The summed E-state index contributed by atoms with van der Waals surface area (Å²) >= 11 is 0. The van der Waals surface area contributed by atoms with E-state index in [4.69, 9.17) is 9.47 Å². The topological polar surface area (TPSA) is 57.8 Å². The van der Waals surface area contributed by atoms with Crippen LogP contribution in [0.3, 0.4) is 0 Å². The number of nitrogens with zero attached hydrogens (tertiary/aromatic N) is 2. The average molecular weight is 335 g/mol. The van der Waals surface area contributed by atoms with E-state index in [9.17, 15) is 4.79 Å². The van der Waals surface area contributed by atoms with Gasteiger partial charge in [-0.3, -0.25) is 4.79 Å². The molecule has 0 aromatic carbocycles. The van der Waals surface area contributed by atoms with Gasteiger partial charge >= 0.3 is 0 Å². The molecule has 0 aliphatic carbocycles. The molecule has 6 nitrogen and oxygen atoms in total. The fourth-order valence-electron chi connectivity index (χ4n) is 3.59. The molecule has 0 unspecified atom stereocenters. The Morgan fingerprint density at radius 1 is 1.42 bits per heavy atom. The first-order valence-corrected chi connectivity index (χ1v) is 8.84. The van der Waals surface area contributed by atoms with Crippen LogP contribution in [0.15, 0.2) is 6.07 Å². The number of ether oxygens (including phenoxy) is 2. The van der Waals surface area contributed by atoms with Gasteiger partial charge in [0, 0.05) is 44.2 Å². The molecule has 6 heteroatoms. The number of amides is 1. The van der Waals surface area contributed by atoms with E-state index < -0.39 is 0 Å². The van der Waals surface area contributed by atoms with Crippen LogP contribution >= 0.6 is 0 Å². The molecule has 1 aromatic heterocycles. The van der Waals surface area contributed by atoms with Crippen molar-refractivity contribution in [3.63, 3.8) is 0 Å². The van der Waals surface area contributed by atoms with E-state index in [1.165, 1.54) is 5.56 Å². The summed E-state index contributed by atoms with van der Waals surface area (Å²) in [6.45, 7) is 9.19. The number of aromatic nitrogens is 1. The first-order chi connectivity index (χ1) is 11.5. The van der Waals surface area contributed by atoms with Crippen molar-refractivity contribution >= 4 is 5.91 Å². The van der Waals surface area contributed by atoms with E-state index >= 15 is 0 Å². The molecule has 1 aromatic rings. The number of rotatable bonds is 5. The summed E-state index contributed by atoms with van der Waals surface area (Å²) < 4.78 is 11.3. The van der Waals surface area contributed by atoms with Gasteiger partial charge in [-0.25, -0.2) is 0 Å². The molecule has 1 N–H and O–H groups in total. The highest BCUT2D eigenvalue weighted by Gasteiger charge is 2.31. The average Bonchev–Trinajstić information content (AvgIpc) is 3.16. The second kappa shape index (κ2) is 7.68. The summed E-state index contributed by atoms with van der Waals surface area (Å²) in [7, 11) is 2.10. The third-order valence-electron chi connectivity index (χ3n) is 4.97. The lowest BCUT2D eigenvalue weighted by Gasteiger charge is -2.34. The lowest BCUT2D eigenvalue weighted by molar-refractivity contribution is -0.139. The van der Waals surface area contributed by atoms with Gasteiger partial charge in [-0.2, -0.15) is 0 Å². The second-order valence-corrected chi connectivity index (χ2v) is 7.14. The van der Waals surface area contributed by atoms with Crippen LogP contribution in [0.4, 0.5) is 0 Å². The predicted octanol–water partition coefficient (Wildman–Crippen LogP) is 1.33. The van der Waals surface area contributed by atoms with Gasteiger partial charge in [-0.05, 0) is 38.9 Å². The lowest BCUT2D eigenvalue weighted by atomic mass is 10.1. The zero-order chi connectivity index (χ0) is 17.1. The highest BCUT2D eigenvalue weighted by Crippen LogP contribution is 2.20. The van der Waals surface area contributed by atoms with Crippen LogP contribution in [0, 0.1) is 19.8 Å². The molecule has 3 rings (SSSR count). The number of hydrogen-bond donors (Lipinski definition) is 1. The van der Waals surface area contributed by atoms with E-state index in [1.54, 1.807) is 0 Å². The fourth-order valence-corrected chi connectivity index (χ4v) is 3.59. The number of carbonyl (C=O) groups excluding carboxylic acids is 1. The maximum atomic E-state index is 13.0. The minimum absolute atomic E-state index is 0.00772. The maximum Gasteiger partial charge on any atom is 0.228 e. The third-order valence-corrected chi connectivity index (χ3v) is 4.97. The number of nitrogens with one attached hydrogen (secondary N) is 1. The smallest absolute Gasteiger partial charge is 0.228 e. The molecule has 2 aliphatic heterocycles. The summed E-state index contributed by atoms with van der Waals surface area (Å²) in [5.74, 6) is 0.189.